The molecule has 5 aromatic rings. The van der Waals surface area contributed by atoms with Gasteiger partial charge in [-0.1, -0.05) is 146 Å². The molecular formula is C44H32N4Zn. The molecule has 0 spiro atoms. The monoisotopic (exact) mass is 680 g/mol. The molecule has 1 aromatic heterocycles. The Hall–Kier alpha value is -5.22. The van der Waals surface area contributed by atoms with E-state index in [1.54, 1.807) is 0 Å². The van der Waals surface area contributed by atoms with E-state index in [4.69, 9.17) is 20.3 Å². The minimum absolute atomic E-state index is 0. The predicted molar refractivity (Wildman–Crippen MR) is 197 cm³/mol. The van der Waals surface area contributed by atoms with Crippen LogP contribution in [0.25, 0.3) is 27.6 Å². The van der Waals surface area contributed by atoms with Crippen LogP contribution in [0.15, 0.2) is 179 Å². The van der Waals surface area contributed by atoms with Crippen LogP contribution < -0.4 is 15.7 Å². The van der Waals surface area contributed by atoms with Gasteiger partial charge in [0, 0.05) is 0 Å². The van der Waals surface area contributed by atoms with Gasteiger partial charge in [0.1, 0.15) is 0 Å². The largest absolute Gasteiger partial charge is 2.00 e. The zero-order valence-electron chi connectivity index (χ0n) is 27.1. The number of aromatic nitrogens is 1. The second-order valence-corrected chi connectivity index (χ2v) is 12.4. The van der Waals surface area contributed by atoms with Crippen molar-refractivity contribution in [2.75, 3.05) is 0 Å². The first kappa shape index (κ1) is 31.1. The zero-order chi connectivity index (χ0) is 31.9. The first-order valence-corrected chi connectivity index (χ1v) is 16.6. The molecule has 8 bridgehead atoms. The van der Waals surface area contributed by atoms with E-state index in [0.717, 1.165) is 79.8 Å². The van der Waals surface area contributed by atoms with E-state index < -0.39 is 0 Å². The Labute approximate surface area is 299 Å². The first-order chi connectivity index (χ1) is 23.8. The summed E-state index contributed by atoms with van der Waals surface area (Å²) in [6, 6.07) is 46.5. The number of hydrogen-bond donors (Lipinski definition) is 0. The summed E-state index contributed by atoms with van der Waals surface area (Å²) in [4.78, 5) is 16.1. The molecule has 4 aromatic carbocycles. The van der Waals surface area contributed by atoms with Crippen molar-refractivity contribution < 1.29 is 19.5 Å². The predicted octanol–water partition coefficient (Wildman–Crippen LogP) is 7.80. The molecule has 2 atom stereocenters. The van der Waals surface area contributed by atoms with Crippen LogP contribution in [-0.4, -0.2) is 23.5 Å². The molecule has 49 heavy (non-hydrogen) atoms. The molecule has 0 radical (unpaired) electrons. The number of rotatable bonds is 4. The van der Waals surface area contributed by atoms with Gasteiger partial charge in [0.15, 0.2) is 0 Å². The van der Waals surface area contributed by atoms with E-state index in [1.165, 1.54) is 11.1 Å². The molecule has 4 aliphatic heterocycles. The summed E-state index contributed by atoms with van der Waals surface area (Å²) in [5.41, 5.74) is 12.6. The van der Waals surface area contributed by atoms with Crippen molar-refractivity contribution in [2.45, 2.75) is 24.9 Å². The summed E-state index contributed by atoms with van der Waals surface area (Å²) in [6.07, 6.45) is 10.5. The molecule has 0 amide bonds. The molecule has 0 saturated carbocycles. The van der Waals surface area contributed by atoms with Gasteiger partial charge in [0.05, 0.1) is 22.8 Å². The first-order valence-electron chi connectivity index (χ1n) is 16.6. The molecule has 1 fully saturated rings. The van der Waals surface area contributed by atoms with Crippen LogP contribution in [0.5, 0.6) is 0 Å². The van der Waals surface area contributed by atoms with Crippen molar-refractivity contribution in [3.05, 3.63) is 207 Å². The summed E-state index contributed by atoms with van der Waals surface area (Å²) in [5.74, 6) is 0. The third kappa shape index (κ3) is 5.80. The minimum atomic E-state index is -0.00327. The standard InChI is InChI=1S/C44H32N4.Zn/c1-5-13-29(14-6-1)41-33-21-23-35(45-33)42(30-15-7-2-8-16-30)37-25-27-39(47-37)44(32-19-11-4-12-20-32)40-28-26-38(48-40)43(31-17-9-3-10-18-31)36-24-22-34(41)46-36;/h1-25,27,38,40H,26,28H2;/q-2;+2/b41-33-,42-35-,43-36-,44-39-;. The number of fused-ring (bicyclic) bond motifs is 6. The van der Waals surface area contributed by atoms with Gasteiger partial charge in [-0.25, -0.2) is 9.98 Å². The van der Waals surface area contributed by atoms with Crippen molar-refractivity contribution in [1.82, 2.24) is 4.98 Å². The summed E-state index contributed by atoms with van der Waals surface area (Å²) < 4.78 is 0. The Bertz CT molecular complexity index is 2180. The fraction of sp³-hybridized carbons (Fsp3) is 0.0909. The van der Waals surface area contributed by atoms with Gasteiger partial charge in [-0.05, 0) is 68.9 Å². The molecule has 4 nitrogen and oxygen atoms in total. The molecule has 1 saturated heterocycles. The maximum Gasteiger partial charge on any atom is 2.00 e. The van der Waals surface area contributed by atoms with E-state index in [0.29, 0.717) is 0 Å². The Balaban J connectivity index is 0.00000348. The van der Waals surface area contributed by atoms with Crippen molar-refractivity contribution in [2.24, 2.45) is 9.98 Å². The van der Waals surface area contributed by atoms with Crippen molar-refractivity contribution in [1.29, 1.82) is 0 Å². The van der Waals surface area contributed by atoms with E-state index in [9.17, 15) is 0 Å². The number of allylic oxidation sites excluding steroid dienone is 4. The molecule has 0 N–H and O–H groups in total. The summed E-state index contributed by atoms with van der Waals surface area (Å²) in [7, 11) is 0. The van der Waals surface area contributed by atoms with Gasteiger partial charge in [-0.2, -0.15) is 0 Å². The molecule has 2 unspecified atom stereocenters. The van der Waals surface area contributed by atoms with Gasteiger partial charge in [-0.3, -0.25) is 0 Å². The van der Waals surface area contributed by atoms with Crippen LogP contribution in [0, 0.1) is 0 Å². The molecule has 0 aliphatic carbocycles. The molecule has 5 heteroatoms. The fourth-order valence-corrected chi connectivity index (χ4v) is 7.38. The maximum absolute atomic E-state index is 5.59. The summed E-state index contributed by atoms with van der Waals surface area (Å²) in [6.45, 7) is 0. The quantitative estimate of drug-likeness (QED) is 0.179. The van der Waals surface area contributed by atoms with Crippen molar-refractivity contribution in [3.8, 4) is 0 Å². The average Bonchev–Trinajstić information content (AvgIpc) is 3.98. The van der Waals surface area contributed by atoms with Gasteiger partial charge < -0.3 is 10.3 Å². The van der Waals surface area contributed by atoms with Crippen LogP contribution in [0.3, 0.4) is 0 Å². The van der Waals surface area contributed by atoms with Crippen LogP contribution >= 0.6 is 0 Å². The van der Waals surface area contributed by atoms with Gasteiger partial charge >= 0.3 is 19.5 Å². The number of hydrogen-bond acceptors (Lipinski definition) is 2. The molecular weight excluding hydrogens is 650 g/mol. The molecule has 230 valence electrons. The fourth-order valence-electron chi connectivity index (χ4n) is 7.38. The van der Waals surface area contributed by atoms with E-state index in [-0.39, 0.29) is 31.6 Å². The van der Waals surface area contributed by atoms with Gasteiger partial charge in [-0.15, -0.1) is 22.8 Å². The smallest absolute Gasteiger partial charge is 0.657 e. The van der Waals surface area contributed by atoms with Crippen LogP contribution in [0.1, 0.15) is 35.1 Å². The van der Waals surface area contributed by atoms with Crippen LogP contribution in [-0.2, 0) is 19.5 Å². The Morgan fingerprint density at radius 1 is 0.429 bits per heavy atom. The molecule has 9 rings (SSSR count). The van der Waals surface area contributed by atoms with E-state index in [1.807, 2.05) is 12.1 Å². The Morgan fingerprint density at radius 2 is 0.796 bits per heavy atom. The summed E-state index contributed by atoms with van der Waals surface area (Å²) in [5, 5.41) is 7.36. The van der Waals surface area contributed by atoms with Crippen molar-refractivity contribution in [3.63, 3.8) is 0 Å². The molecule has 5 heterocycles. The van der Waals surface area contributed by atoms with E-state index in [2.05, 4.69) is 146 Å². The van der Waals surface area contributed by atoms with E-state index >= 15 is 0 Å². The third-order valence-electron chi connectivity index (χ3n) is 9.53. The second-order valence-electron chi connectivity index (χ2n) is 12.4. The third-order valence-corrected chi connectivity index (χ3v) is 9.53. The number of nitrogens with zero attached hydrogens (tertiary/aromatic N) is 4. The van der Waals surface area contributed by atoms with Gasteiger partial charge in [0.2, 0.25) is 0 Å². The second kappa shape index (κ2) is 13.4. The minimum Gasteiger partial charge on any atom is -0.657 e. The number of benzene rings is 4. The Kier molecular flexibility index (Phi) is 8.47. The van der Waals surface area contributed by atoms with Crippen LogP contribution in [0.4, 0.5) is 0 Å². The van der Waals surface area contributed by atoms with Gasteiger partial charge in [0.25, 0.3) is 0 Å². The van der Waals surface area contributed by atoms with Crippen LogP contribution in [0.2, 0.25) is 0 Å². The normalized spacial score (nSPS) is 24.8. The average molecular weight is 682 g/mol. The SMILES string of the molecule is C1=C/C2=C(\c3ccccc3)C3CCC([N-]3)/C(c3ccccc3)=C3/C=CC(=N3)/C(c3ccccc3)=c3/cc/c([n-]3)=C(\c3ccccc3)C1=N2.[Zn+2]. The molecule has 4 aliphatic rings. The summed E-state index contributed by atoms with van der Waals surface area (Å²) >= 11 is 0. The maximum atomic E-state index is 5.59. The topological polar surface area (TPSA) is 52.9 Å². The Morgan fingerprint density at radius 3 is 1.18 bits per heavy atom. The number of aliphatic imine (C=N–C) groups is 2. The zero-order valence-corrected chi connectivity index (χ0v) is 30.0. The van der Waals surface area contributed by atoms with Crippen molar-refractivity contribution >= 4 is 33.7 Å².